The first-order valence-electron chi connectivity index (χ1n) is 7.29. The lowest BCUT2D eigenvalue weighted by atomic mass is 10.3. The molecule has 0 bridgehead atoms. The monoisotopic (exact) mass is 396 g/mol. The van der Waals surface area contributed by atoms with Gasteiger partial charge in [0.1, 0.15) is 5.01 Å². The lowest BCUT2D eigenvalue weighted by molar-refractivity contribution is 0.466. The van der Waals surface area contributed by atoms with E-state index in [0.717, 1.165) is 16.5 Å². The fourth-order valence-corrected chi connectivity index (χ4v) is 5.17. The minimum Gasteiger partial charge on any atom is -0.240 e. The number of nitrogens with zero attached hydrogens (tertiary/aromatic N) is 2. The number of hydrogen-bond acceptors (Lipinski definition) is 6. The Morgan fingerprint density at radius 3 is 2.16 bits per heavy atom. The first kappa shape index (κ1) is 18.0. The van der Waals surface area contributed by atoms with Crippen LogP contribution < -0.4 is 0 Å². The van der Waals surface area contributed by atoms with Gasteiger partial charge in [0.25, 0.3) is 0 Å². The summed E-state index contributed by atoms with van der Waals surface area (Å²) in [6.07, 6.45) is 1.08. The second-order valence-electron chi connectivity index (χ2n) is 5.58. The molecule has 0 aliphatic heterocycles. The highest BCUT2D eigenvalue weighted by Crippen LogP contribution is 2.24. The molecule has 1 heterocycles. The third-order valence-corrected chi connectivity index (χ3v) is 7.62. The quantitative estimate of drug-likeness (QED) is 0.662. The van der Waals surface area contributed by atoms with Crippen LogP contribution in [-0.2, 0) is 26.4 Å². The van der Waals surface area contributed by atoms with E-state index >= 15 is 0 Å². The summed E-state index contributed by atoms with van der Waals surface area (Å²) in [6.45, 7) is 0.148. The van der Waals surface area contributed by atoms with E-state index in [0.29, 0.717) is 5.01 Å². The van der Waals surface area contributed by atoms with Crippen molar-refractivity contribution in [2.75, 3.05) is 13.3 Å². The Hall–Kier alpha value is -1.81. The van der Waals surface area contributed by atoms with Crippen LogP contribution in [-0.4, -0.2) is 39.4 Å². The molecule has 0 saturated carbocycles. The molecule has 0 saturated heterocycles. The Balaban J connectivity index is 1.86. The van der Waals surface area contributed by atoms with Crippen LogP contribution in [0.25, 0.3) is 10.2 Å². The van der Waals surface area contributed by atoms with Gasteiger partial charge in [-0.1, -0.05) is 12.1 Å². The van der Waals surface area contributed by atoms with Crippen molar-refractivity contribution in [1.29, 1.82) is 0 Å². The highest BCUT2D eigenvalue weighted by molar-refractivity contribution is 7.90. The van der Waals surface area contributed by atoms with E-state index in [1.807, 2.05) is 24.3 Å². The molecule has 1 aromatic heterocycles. The largest absolute Gasteiger partial charge is 0.243 e. The average molecular weight is 397 g/mol. The molecule has 0 aliphatic carbocycles. The van der Waals surface area contributed by atoms with E-state index in [4.69, 9.17) is 0 Å². The molecule has 0 amide bonds. The lowest BCUT2D eigenvalue weighted by Crippen LogP contribution is -2.26. The van der Waals surface area contributed by atoms with E-state index in [-0.39, 0.29) is 16.3 Å². The minimum absolute atomic E-state index is 0.0449. The second kappa shape index (κ2) is 6.49. The maximum absolute atomic E-state index is 12.7. The Morgan fingerprint density at radius 2 is 1.56 bits per heavy atom. The molecule has 0 atom stereocenters. The first-order valence-corrected chi connectivity index (χ1v) is 11.4. The molecular formula is C16H16N2O4S3. The van der Waals surface area contributed by atoms with Gasteiger partial charge in [-0.3, -0.25) is 0 Å². The molecule has 0 spiro atoms. The summed E-state index contributed by atoms with van der Waals surface area (Å²) in [7, 11) is -5.62. The molecule has 3 rings (SSSR count). The number of hydrogen-bond donors (Lipinski definition) is 0. The van der Waals surface area contributed by atoms with Gasteiger partial charge in [0, 0.05) is 13.3 Å². The zero-order valence-electron chi connectivity index (χ0n) is 13.6. The SMILES string of the molecule is CN(Cc1nc2ccccc2s1)S(=O)(=O)c1ccc(S(C)(=O)=O)cc1. The normalized spacial score (nSPS) is 12.8. The molecule has 9 heteroatoms. The summed E-state index contributed by atoms with van der Waals surface area (Å²) in [6, 6.07) is 12.8. The Kier molecular flexibility index (Phi) is 4.67. The van der Waals surface area contributed by atoms with Crippen LogP contribution in [0.3, 0.4) is 0 Å². The molecule has 3 aromatic rings. The van der Waals surface area contributed by atoms with Crippen LogP contribution in [0.5, 0.6) is 0 Å². The van der Waals surface area contributed by atoms with Gasteiger partial charge in [-0.2, -0.15) is 4.31 Å². The van der Waals surface area contributed by atoms with Crippen molar-refractivity contribution in [2.45, 2.75) is 16.3 Å². The van der Waals surface area contributed by atoms with Gasteiger partial charge in [0.05, 0.1) is 26.6 Å². The van der Waals surface area contributed by atoms with E-state index in [1.165, 1.54) is 47.0 Å². The fourth-order valence-electron chi connectivity index (χ4n) is 2.30. The van der Waals surface area contributed by atoms with Gasteiger partial charge in [-0.15, -0.1) is 11.3 Å². The van der Waals surface area contributed by atoms with Crippen molar-refractivity contribution < 1.29 is 16.8 Å². The van der Waals surface area contributed by atoms with E-state index in [2.05, 4.69) is 4.98 Å². The zero-order valence-corrected chi connectivity index (χ0v) is 16.0. The third-order valence-electron chi connectivity index (χ3n) is 3.66. The standard InChI is InChI=1S/C16H16N2O4S3/c1-18(11-16-17-14-5-3-4-6-15(14)23-16)25(21,22)13-9-7-12(8-10-13)24(2,19)20/h3-10H,11H2,1-2H3. The summed E-state index contributed by atoms with van der Waals surface area (Å²) in [4.78, 5) is 4.57. The second-order valence-corrected chi connectivity index (χ2v) is 10.8. The maximum atomic E-state index is 12.7. The van der Waals surface area contributed by atoms with Gasteiger partial charge in [-0.25, -0.2) is 21.8 Å². The highest BCUT2D eigenvalue weighted by Gasteiger charge is 2.22. The number of fused-ring (bicyclic) bond motifs is 1. The number of sulfonamides is 1. The van der Waals surface area contributed by atoms with Crippen molar-refractivity contribution in [3.8, 4) is 0 Å². The number of thiazole rings is 1. The van der Waals surface area contributed by atoms with Crippen molar-refractivity contribution in [3.05, 3.63) is 53.5 Å². The lowest BCUT2D eigenvalue weighted by Gasteiger charge is -2.16. The Bertz CT molecular complexity index is 1080. The zero-order chi connectivity index (χ0) is 18.2. The third kappa shape index (κ3) is 3.74. The molecule has 0 fully saturated rings. The molecule has 0 unspecified atom stereocenters. The summed E-state index contributed by atoms with van der Waals surface area (Å²) >= 11 is 1.45. The highest BCUT2D eigenvalue weighted by atomic mass is 32.2. The smallest absolute Gasteiger partial charge is 0.240 e. The van der Waals surface area contributed by atoms with Gasteiger partial charge in [0.15, 0.2) is 9.84 Å². The summed E-state index contributed by atoms with van der Waals surface area (Å²) in [5.74, 6) is 0. The van der Waals surface area contributed by atoms with Crippen LogP contribution >= 0.6 is 11.3 Å². The topological polar surface area (TPSA) is 84.4 Å². The molecular weight excluding hydrogens is 380 g/mol. The summed E-state index contributed by atoms with van der Waals surface area (Å²) < 4.78 is 50.5. The van der Waals surface area contributed by atoms with Crippen molar-refractivity contribution >= 4 is 41.4 Å². The minimum atomic E-state index is -3.73. The molecule has 6 nitrogen and oxygen atoms in total. The molecule has 0 N–H and O–H groups in total. The van der Waals surface area contributed by atoms with Crippen LogP contribution in [0, 0.1) is 0 Å². The molecule has 132 valence electrons. The first-order chi connectivity index (χ1) is 11.7. The average Bonchev–Trinajstić information content (AvgIpc) is 2.96. The van der Waals surface area contributed by atoms with Crippen molar-refractivity contribution in [3.63, 3.8) is 0 Å². The number of sulfone groups is 1. The number of rotatable bonds is 5. The van der Waals surface area contributed by atoms with Gasteiger partial charge < -0.3 is 0 Å². The maximum Gasteiger partial charge on any atom is 0.243 e. The van der Waals surface area contributed by atoms with Gasteiger partial charge in [0.2, 0.25) is 10.0 Å². The summed E-state index contributed by atoms with van der Waals surface area (Å²) in [5.41, 5.74) is 0.839. The van der Waals surface area contributed by atoms with E-state index in [9.17, 15) is 16.8 Å². The van der Waals surface area contributed by atoms with Gasteiger partial charge >= 0.3 is 0 Å². The molecule has 0 radical (unpaired) electrons. The predicted octanol–water partition coefficient (Wildman–Crippen LogP) is 2.52. The number of benzene rings is 2. The number of para-hydroxylation sites is 1. The van der Waals surface area contributed by atoms with Crippen LogP contribution in [0.4, 0.5) is 0 Å². The molecule has 25 heavy (non-hydrogen) atoms. The van der Waals surface area contributed by atoms with Crippen LogP contribution in [0.15, 0.2) is 58.3 Å². The van der Waals surface area contributed by atoms with Crippen molar-refractivity contribution in [1.82, 2.24) is 9.29 Å². The van der Waals surface area contributed by atoms with E-state index < -0.39 is 19.9 Å². The summed E-state index contributed by atoms with van der Waals surface area (Å²) in [5, 5.41) is 0.694. The van der Waals surface area contributed by atoms with E-state index in [1.54, 1.807) is 0 Å². The molecule has 2 aromatic carbocycles. The van der Waals surface area contributed by atoms with Crippen LogP contribution in [0.2, 0.25) is 0 Å². The Labute approximate surface area is 150 Å². The van der Waals surface area contributed by atoms with Crippen molar-refractivity contribution in [2.24, 2.45) is 0 Å². The van der Waals surface area contributed by atoms with Gasteiger partial charge in [-0.05, 0) is 36.4 Å². The number of aromatic nitrogens is 1. The predicted molar refractivity (Wildman–Crippen MR) is 97.8 cm³/mol. The van der Waals surface area contributed by atoms with Crippen LogP contribution in [0.1, 0.15) is 5.01 Å². The Morgan fingerprint density at radius 1 is 0.960 bits per heavy atom. The molecule has 0 aliphatic rings. The fraction of sp³-hybridized carbons (Fsp3) is 0.188.